The van der Waals surface area contributed by atoms with Crippen LogP contribution in [0.1, 0.15) is 56.9 Å². The number of rotatable bonds is 3. The molecule has 0 bridgehead atoms. The Bertz CT molecular complexity index is 623. The van der Waals surface area contributed by atoms with Crippen molar-refractivity contribution in [2.45, 2.75) is 56.9 Å². The lowest BCUT2D eigenvalue weighted by Gasteiger charge is -2.43. The molecule has 1 atom stereocenters. The highest BCUT2D eigenvalue weighted by Crippen LogP contribution is 2.36. The van der Waals surface area contributed by atoms with E-state index >= 15 is 0 Å². The largest absolute Gasteiger partial charge is 0.332 e. The van der Waals surface area contributed by atoms with Crippen molar-refractivity contribution in [3.05, 3.63) is 29.8 Å². The molecule has 1 aromatic carbocycles. The highest BCUT2D eigenvalue weighted by Gasteiger charge is 2.40. The fourth-order valence-corrected chi connectivity index (χ4v) is 4.37. The zero-order chi connectivity index (χ0) is 17.5. The van der Waals surface area contributed by atoms with Crippen LogP contribution in [0.3, 0.4) is 0 Å². The van der Waals surface area contributed by atoms with Gasteiger partial charge in [0.1, 0.15) is 0 Å². The van der Waals surface area contributed by atoms with Gasteiger partial charge >= 0.3 is 6.03 Å². The number of carbonyl (C=O) groups excluding carboxylic acids is 1. The average Bonchev–Trinajstić information content (AvgIpc) is 2.89. The van der Waals surface area contributed by atoms with Crippen molar-refractivity contribution >= 4 is 11.7 Å². The topological polar surface area (TPSA) is 77.0 Å². The maximum Gasteiger partial charge on any atom is 0.319 e. The monoisotopic (exact) mass is 340 g/mol. The maximum atomic E-state index is 12.7. The van der Waals surface area contributed by atoms with Crippen LogP contribution in [-0.4, -0.2) is 24.7 Å². The first-order chi connectivity index (χ1) is 12.2. The summed E-state index contributed by atoms with van der Waals surface area (Å²) in [5.74, 6) is 0.496. The maximum absolute atomic E-state index is 12.7. The summed E-state index contributed by atoms with van der Waals surface area (Å²) in [5.41, 5.74) is 1.11. The summed E-state index contributed by atoms with van der Waals surface area (Å²) >= 11 is 0. The van der Waals surface area contributed by atoms with E-state index in [9.17, 15) is 4.79 Å². The minimum absolute atomic E-state index is 0.110. The summed E-state index contributed by atoms with van der Waals surface area (Å²) in [5, 5.41) is 18.8. The molecule has 5 nitrogen and oxygen atoms in total. The van der Waals surface area contributed by atoms with E-state index in [0.717, 1.165) is 25.9 Å². The van der Waals surface area contributed by atoms with Gasteiger partial charge in [0.05, 0.1) is 11.6 Å². The molecule has 0 radical (unpaired) electrons. The first kappa shape index (κ1) is 17.8. The van der Waals surface area contributed by atoms with Gasteiger partial charge in [-0.25, -0.2) is 4.79 Å². The Labute approximate surface area is 150 Å². The number of benzene rings is 1. The van der Waals surface area contributed by atoms with Gasteiger partial charge in [0.2, 0.25) is 0 Å². The number of piperidine rings is 1. The van der Waals surface area contributed by atoms with E-state index in [1.54, 1.807) is 18.2 Å². The Kier molecular flexibility index (Phi) is 5.93. The van der Waals surface area contributed by atoms with E-state index in [2.05, 4.69) is 22.0 Å². The number of urea groups is 1. The number of nitriles is 1. The molecule has 1 heterocycles. The van der Waals surface area contributed by atoms with Crippen molar-refractivity contribution in [1.29, 1.82) is 5.26 Å². The molecule has 5 heteroatoms. The lowest BCUT2D eigenvalue weighted by molar-refractivity contribution is 0.155. The fourth-order valence-electron chi connectivity index (χ4n) is 4.37. The van der Waals surface area contributed by atoms with Gasteiger partial charge < -0.3 is 16.0 Å². The van der Waals surface area contributed by atoms with Crippen LogP contribution >= 0.6 is 0 Å². The van der Waals surface area contributed by atoms with E-state index in [1.165, 1.54) is 38.5 Å². The van der Waals surface area contributed by atoms with Crippen LogP contribution < -0.4 is 16.0 Å². The molecule has 0 spiro atoms. The van der Waals surface area contributed by atoms with Crippen molar-refractivity contribution in [1.82, 2.24) is 10.6 Å². The molecule has 0 aromatic heterocycles. The molecule has 2 fully saturated rings. The molecule has 1 saturated heterocycles. The van der Waals surface area contributed by atoms with Crippen LogP contribution in [0.25, 0.3) is 0 Å². The van der Waals surface area contributed by atoms with Crippen LogP contribution in [0.15, 0.2) is 24.3 Å². The summed E-state index contributed by atoms with van der Waals surface area (Å²) in [6, 6.07) is 9.02. The third-order valence-electron chi connectivity index (χ3n) is 5.69. The normalized spacial score (nSPS) is 23.1. The number of carbonyl (C=O) groups is 1. The number of nitrogens with one attached hydrogen (secondary N) is 3. The first-order valence-corrected chi connectivity index (χ1v) is 9.52. The van der Waals surface area contributed by atoms with Crippen molar-refractivity contribution in [3.8, 4) is 6.07 Å². The molecular weight excluding hydrogens is 312 g/mol. The molecule has 134 valence electrons. The van der Waals surface area contributed by atoms with Crippen molar-refractivity contribution in [3.63, 3.8) is 0 Å². The molecule has 3 rings (SSSR count). The van der Waals surface area contributed by atoms with Gasteiger partial charge in [0.15, 0.2) is 0 Å². The number of amides is 2. The summed E-state index contributed by atoms with van der Waals surface area (Å²) in [4.78, 5) is 12.7. The van der Waals surface area contributed by atoms with Crippen LogP contribution in [0.5, 0.6) is 0 Å². The van der Waals surface area contributed by atoms with E-state index < -0.39 is 0 Å². The summed E-state index contributed by atoms with van der Waals surface area (Å²) in [6.07, 6.45) is 9.36. The molecule has 1 aliphatic carbocycles. The minimum atomic E-state index is -0.150. The smallest absolute Gasteiger partial charge is 0.319 e. The molecule has 2 aliphatic rings. The minimum Gasteiger partial charge on any atom is -0.332 e. The molecule has 25 heavy (non-hydrogen) atoms. The third kappa shape index (κ3) is 4.52. The van der Waals surface area contributed by atoms with Gasteiger partial charge in [-0.3, -0.25) is 0 Å². The molecule has 2 amide bonds. The van der Waals surface area contributed by atoms with Gasteiger partial charge in [0, 0.05) is 17.8 Å². The molecule has 1 aliphatic heterocycles. The highest BCUT2D eigenvalue weighted by atomic mass is 16.2. The second kappa shape index (κ2) is 8.35. The van der Waals surface area contributed by atoms with Gasteiger partial charge in [-0.05, 0) is 56.3 Å². The Morgan fingerprint density at radius 2 is 2.00 bits per heavy atom. The van der Waals surface area contributed by atoms with Crippen LogP contribution in [0.4, 0.5) is 10.5 Å². The SMILES string of the molecule is N#Cc1cccc(NC(=O)NC2(C3CCCNC3)CCCCCC2)c1. The Balaban J connectivity index is 1.72. The lowest BCUT2D eigenvalue weighted by atomic mass is 9.74. The molecular formula is C20H28N4O. The quantitative estimate of drug-likeness (QED) is 0.733. The Morgan fingerprint density at radius 1 is 1.20 bits per heavy atom. The van der Waals surface area contributed by atoms with Gasteiger partial charge in [0.25, 0.3) is 0 Å². The first-order valence-electron chi connectivity index (χ1n) is 9.52. The van der Waals surface area contributed by atoms with Crippen molar-refractivity contribution in [2.75, 3.05) is 18.4 Å². The lowest BCUT2D eigenvalue weighted by Crippen LogP contribution is -2.58. The van der Waals surface area contributed by atoms with Crippen LogP contribution in [-0.2, 0) is 0 Å². The summed E-state index contributed by atoms with van der Waals surface area (Å²) in [7, 11) is 0. The summed E-state index contributed by atoms with van der Waals surface area (Å²) in [6.45, 7) is 2.07. The average molecular weight is 340 g/mol. The molecule has 3 N–H and O–H groups in total. The molecule has 1 aromatic rings. The van der Waals surface area contributed by atoms with Gasteiger partial charge in [-0.1, -0.05) is 31.7 Å². The second-order valence-corrected chi connectivity index (χ2v) is 7.39. The van der Waals surface area contributed by atoms with Crippen LogP contribution in [0, 0.1) is 17.2 Å². The van der Waals surface area contributed by atoms with Gasteiger partial charge in [-0.15, -0.1) is 0 Å². The third-order valence-corrected chi connectivity index (χ3v) is 5.69. The highest BCUT2D eigenvalue weighted by molar-refractivity contribution is 5.90. The Morgan fingerprint density at radius 3 is 2.68 bits per heavy atom. The molecule has 1 saturated carbocycles. The number of anilines is 1. The van der Waals surface area contributed by atoms with Crippen LogP contribution in [0.2, 0.25) is 0 Å². The van der Waals surface area contributed by atoms with E-state index in [-0.39, 0.29) is 11.6 Å². The zero-order valence-corrected chi connectivity index (χ0v) is 14.8. The number of nitrogens with zero attached hydrogens (tertiary/aromatic N) is 1. The zero-order valence-electron chi connectivity index (χ0n) is 14.8. The fraction of sp³-hybridized carbons (Fsp3) is 0.600. The standard InChI is InChI=1S/C20H28N4O/c21-14-16-7-5-9-18(13-16)23-19(25)24-20(10-3-1-2-4-11-20)17-8-6-12-22-15-17/h5,7,9,13,17,22H,1-4,6,8,10-12,15H2,(H2,23,24,25). The van der Waals surface area contributed by atoms with Gasteiger partial charge in [-0.2, -0.15) is 5.26 Å². The van der Waals surface area contributed by atoms with E-state index in [0.29, 0.717) is 17.2 Å². The second-order valence-electron chi connectivity index (χ2n) is 7.39. The number of hydrogen-bond donors (Lipinski definition) is 3. The van der Waals surface area contributed by atoms with Crippen molar-refractivity contribution in [2.24, 2.45) is 5.92 Å². The Hall–Kier alpha value is -2.06. The number of hydrogen-bond acceptors (Lipinski definition) is 3. The summed E-state index contributed by atoms with van der Waals surface area (Å²) < 4.78 is 0. The predicted octanol–water partition coefficient (Wildman–Crippen LogP) is 3.77. The van der Waals surface area contributed by atoms with E-state index in [4.69, 9.17) is 5.26 Å². The van der Waals surface area contributed by atoms with E-state index in [1.807, 2.05) is 6.07 Å². The predicted molar refractivity (Wildman–Crippen MR) is 99.3 cm³/mol. The molecule has 1 unspecified atom stereocenters. The van der Waals surface area contributed by atoms with Crippen molar-refractivity contribution < 1.29 is 4.79 Å².